The molecule has 4 nitrogen and oxygen atoms in total. The largest absolute Gasteiger partial charge is 0.491 e. The van der Waals surface area contributed by atoms with Crippen LogP contribution < -0.4 is 15.8 Å². The van der Waals surface area contributed by atoms with Gasteiger partial charge in [0.05, 0.1) is 12.3 Å². The van der Waals surface area contributed by atoms with Crippen molar-refractivity contribution >= 4 is 17.7 Å². The first-order valence-corrected chi connectivity index (χ1v) is 7.01. The van der Waals surface area contributed by atoms with Crippen molar-refractivity contribution in [1.82, 2.24) is 5.32 Å². The zero-order chi connectivity index (χ0) is 15.0. The summed E-state index contributed by atoms with van der Waals surface area (Å²) in [6.45, 7) is 7.47. The molecule has 0 saturated heterocycles. The molecule has 0 aliphatic heterocycles. The summed E-state index contributed by atoms with van der Waals surface area (Å²) in [5, 5.41) is 2.70. The van der Waals surface area contributed by atoms with Crippen molar-refractivity contribution in [2.24, 2.45) is 5.92 Å². The molecule has 0 fully saturated rings. The van der Waals surface area contributed by atoms with Gasteiger partial charge in [-0.1, -0.05) is 19.9 Å². The number of amides is 1. The number of rotatable bonds is 7. The fraction of sp³-hybridized carbons (Fsp3) is 0.438. The molecule has 1 rings (SSSR count). The number of nitrogens with two attached hydrogens (primary N) is 1. The third-order valence-electron chi connectivity index (χ3n) is 2.76. The lowest BCUT2D eigenvalue weighted by molar-refractivity contribution is -0.116. The minimum atomic E-state index is -0.108. The van der Waals surface area contributed by atoms with Crippen molar-refractivity contribution in [3.63, 3.8) is 0 Å². The quantitative estimate of drug-likeness (QED) is 0.594. The minimum Gasteiger partial charge on any atom is -0.491 e. The van der Waals surface area contributed by atoms with Crippen LogP contribution in [0.15, 0.2) is 24.3 Å². The maximum Gasteiger partial charge on any atom is 0.243 e. The average Bonchev–Trinajstić information content (AvgIpc) is 2.38. The molecule has 0 aromatic heterocycles. The Bertz CT molecular complexity index is 468. The molecule has 0 aliphatic rings. The molecule has 20 heavy (non-hydrogen) atoms. The van der Waals surface area contributed by atoms with Crippen LogP contribution in [-0.2, 0) is 4.79 Å². The molecule has 0 radical (unpaired) electrons. The lowest BCUT2D eigenvalue weighted by Gasteiger charge is -2.10. The van der Waals surface area contributed by atoms with Gasteiger partial charge in [0.15, 0.2) is 0 Å². The van der Waals surface area contributed by atoms with E-state index in [0.717, 1.165) is 12.0 Å². The van der Waals surface area contributed by atoms with Gasteiger partial charge in [0.1, 0.15) is 5.75 Å². The Balaban J connectivity index is 2.61. The predicted octanol–water partition coefficient (Wildman–Crippen LogP) is 2.84. The fourth-order valence-electron chi connectivity index (χ4n) is 1.61. The molecular formula is C16H24N2O2. The first-order valence-electron chi connectivity index (χ1n) is 7.01. The van der Waals surface area contributed by atoms with Crippen molar-refractivity contribution in [1.29, 1.82) is 0 Å². The van der Waals surface area contributed by atoms with Crippen molar-refractivity contribution in [3.8, 4) is 5.75 Å². The summed E-state index contributed by atoms with van der Waals surface area (Å²) in [4.78, 5) is 11.3. The van der Waals surface area contributed by atoms with Crippen LogP contribution in [0, 0.1) is 5.92 Å². The Morgan fingerprint density at radius 1 is 1.45 bits per heavy atom. The number of nitrogens with one attached hydrogen (secondary N) is 1. The summed E-state index contributed by atoms with van der Waals surface area (Å²) in [5.41, 5.74) is 7.41. The average molecular weight is 276 g/mol. The van der Waals surface area contributed by atoms with Crippen LogP contribution in [0.25, 0.3) is 6.08 Å². The number of benzene rings is 1. The molecule has 0 saturated carbocycles. The van der Waals surface area contributed by atoms with Gasteiger partial charge in [-0.3, -0.25) is 4.79 Å². The number of carbonyl (C=O) groups excluding carboxylic acids is 1. The van der Waals surface area contributed by atoms with E-state index in [9.17, 15) is 4.79 Å². The minimum absolute atomic E-state index is 0.108. The van der Waals surface area contributed by atoms with E-state index < -0.39 is 0 Å². The molecule has 1 aromatic rings. The third kappa shape index (κ3) is 5.78. The molecule has 0 atom stereocenters. The molecule has 0 unspecified atom stereocenters. The van der Waals surface area contributed by atoms with Crippen LogP contribution >= 0.6 is 0 Å². The predicted molar refractivity (Wildman–Crippen MR) is 83.5 cm³/mol. The fourth-order valence-corrected chi connectivity index (χ4v) is 1.61. The van der Waals surface area contributed by atoms with E-state index in [2.05, 4.69) is 19.2 Å². The first-order chi connectivity index (χ1) is 9.52. The van der Waals surface area contributed by atoms with Crippen molar-refractivity contribution < 1.29 is 9.53 Å². The van der Waals surface area contributed by atoms with E-state index in [1.54, 1.807) is 12.1 Å². The number of hydrogen-bond acceptors (Lipinski definition) is 3. The van der Waals surface area contributed by atoms with Gasteiger partial charge in [0.25, 0.3) is 0 Å². The summed E-state index contributed by atoms with van der Waals surface area (Å²) in [6.07, 6.45) is 4.23. The topological polar surface area (TPSA) is 64.3 Å². The molecule has 1 aromatic carbocycles. The van der Waals surface area contributed by atoms with Crippen LogP contribution in [0.1, 0.15) is 32.8 Å². The maximum atomic E-state index is 11.3. The molecule has 0 aliphatic carbocycles. The third-order valence-corrected chi connectivity index (χ3v) is 2.76. The number of ether oxygens (including phenoxy) is 1. The van der Waals surface area contributed by atoms with Crippen molar-refractivity contribution in [2.45, 2.75) is 27.2 Å². The summed E-state index contributed by atoms with van der Waals surface area (Å²) in [6, 6.07) is 5.53. The van der Waals surface area contributed by atoms with Gasteiger partial charge >= 0.3 is 0 Å². The first kappa shape index (κ1) is 16.1. The Morgan fingerprint density at radius 2 is 2.20 bits per heavy atom. The SMILES string of the molecule is CCNC(=O)/C=C\c1ccc(OCCC(C)C)c(N)c1. The maximum absolute atomic E-state index is 11.3. The van der Waals surface area contributed by atoms with E-state index in [0.29, 0.717) is 30.5 Å². The Morgan fingerprint density at radius 3 is 2.80 bits per heavy atom. The molecule has 0 bridgehead atoms. The number of hydrogen-bond donors (Lipinski definition) is 2. The van der Waals surface area contributed by atoms with Gasteiger partial charge in [-0.15, -0.1) is 0 Å². The Kier molecular flexibility index (Phi) is 6.64. The second-order valence-corrected chi connectivity index (χ2v) is 5.06. The zero-order valence-electron chi connectivity index (χ0n) is 12.5. The lowest BCUT2D eigenvalue weighted by atomic mass is 10.1. The van der Waals surface area contributed by atoms with E-state index in [-0.39, 0.29) is 5.91 Å². The summed E-state index contributed by atoms with van der Waals surface area (Å²) in [7, 11) is 0. The normalized spacial score (nSPS) is 11.0. The summed E-state index contributed by atoms with van der Waals surface area (Å²) < 4.78 is 5.64. The van der Waals surface area contributed by atoms with Crippen LogP contribution in [0.4, 0.5) is 5.69 Å². The standard InChI is InChI=1S/C16H24N2O2/c1-4-18-16(19)8-6-13-5-7-15(14(17)11-13)20-10-9-12(2)3/h5-8,11-12H,4,9-10,17H2,1-3H3,(H,18,19)/b8-6-. The van der Waals surface area contributed by atoms with E-state index in [1.165, 1.54) is 6.08 Å². The molecule has 110 valence electrons. The monoisotopic (exact) mass is 276 g/mol. The second kappa shape index (κ2) is 8.25. The summed E-state index contributed by atoms with van der Waals surface area (Å²) >= 11 is 0. The highest BCUT2D eigenvalue weighted by Crippen LogP contribution is 2.23. The highest BCUT2D eigenvalue weighted by Gasteiger charge is 2.02. The van der Waals surface area contributed by atoms with E-state index >= 15 is 0 Å². The van der Waals surface area contributed by atoms with Gasteiger partial charge in [0.2, 0.25) is 5.91 Å². The molecule has 1 amide bonds. The number of likely N-dealkylation sites (N-methyl/N-ethyl adjacent to an activating group) is 1. The van der Waals surface area contributed by atoms with E-state index in [4.69, 9.17) is 10.5 Å². The number of nitrogen functional groups attached to an aromatic ring is 1. The Hall–Kier alpha value is -1.97. The van der Waals surface area contributed by atoms with Crippen LogP contribution in [0.3, 0.4) is 0 Å². The molecule has 4 heteroatoms. The highest BCUT2D eigenvalue weighted by atomic mass is 16.5. The van der Waals surface area contributed by atoms with Gasteiger partial charge in [-0.2, -0.15) is 0 Å². The second-order valence-electron chi connectivity index (χ2n) is 5.06. The number of anilines is 1. The van der Waals surface area contributed by atoms with Crippen LogP contribution in [-0.4, -0.2) is 19.1 Å². The van der Waals surface area contributed by atoms with E-state index in [1.807, 2.05) is 19.1 Å². The highest BCUT2D eigenvalue weighted by molar-refractivity contribution is 5.91. The lowest BCUT2D eigenvalue weighted by Crippen LogP contribution is -2.19. The van der Waals surface area contributed by atoms with Gasteiger partial charge < -0.3 is 15.8 Å². The van der Waals surface area contributed by atoms with Crippen molar-refractivity contribution in [3.05, 3.63) is 29.8 Å². The van der Waals surface area contributed by atoms with Crippen molar-refractivity contribution in [2.75, 3.05) is 18.9 Å². The molecule has 3 N–H and O–H groups in total. The van der Waals surface area contributed by atoms with Gasteiger partial charge in [-0.05, 0) is 43.0 Å². The zero-order valence-corrected chi connectivity index (χ0v) is 12.5. The summed E-state index contributed by atoms with van der Waals surface area (Å²) in [5.74, 6) is 1.19. The van der Waals surface area contributed by atoms with Crippen LogP contribution in [0.5, 0.6) is 5.75 Å². The van der Waals surface area contributed by atoms with Gasteiger partial charge in [0, 0.05) is 12.6 Å². The molecule has 0 heterocycles. The smallest absolute Gasteiger partial charge is 0.243 e. The molecular weight excluding hydrogens is 252 g/mol. The molecule has 0 spiro atoms. The van der Waals surface area contributed by atoms with Gasteiger partial charge in [-0.25, -0.2) is 0 Å². The van der Waals surface area contributed by atoms with Crippen LogP contribution in [0.2, 0.25) is 0 Å². The number of carbonyl (C=O) groups is 1. The Labute approximate surface area is 121 Å².